The van der Waals surface area contributed by atoms with Crippen LogP contribution >= 0.6 is 15.9 Å². The van der Waals surface area contributed by atoms with E-state index in [9.17, 15) is 14.4 Å². The number of imide groups is 1. The van der Waals surface area contributed by atoms with Gasteiger partial charge in [-0.2, -0.15) is 0 Å². The van der Waals surface area contributed by atoms with Gasteiger partial charge in [0.1, 0.15) is 5.69 Å². The minimum atomic E-state index is -1.25. The van der Waals surface area contributed by atoms with Crippen LogP contribution in [0.3, 0.4) is 0 Å². The number of carbonyl (C=O) groups excluding carboxylic acids is 3. The molecule has 0 bridgehead atoms. The van der Waals surface area contributed by atoms with Gasteiger partial charge in [-0.3, -0.25) is 10.1 Å². The van der Waals surface area contributed by atoms with Crippen molar-refractivity contribution in [2.75, 3.05) is 7.05 Å². The fraction of sp³-hybridized carbons (Fsp3) is 0.133. The van der Waals surface area contributed by atoms with E-state index in [0.29, 0.717) is 10.0 Å². The molecule has 8 heteroatoms. The summed E-state index contributed by atoms with van der Waals surface area (Å²) in [6.07, 6.45) is 0.321. The first kappa shape index (κ1) is 16.8. The molecule has 2 rings (SSSR count). The van der Waals surface area contributed by atoms with E-state index in [-0.39, 0.29) is 5.69 Å². The Balaban J connectivity index is 2.21. The monoisotopic (exact) mass is 379 g/mol. The van der Waals surface area contributed by atoms with Gasteiger partial charge in [-0.05, 0) is 22.0 Å². The van der Waals surface area contributed by atoms with E-state index in [1.54, 1.807) is 36.5 Å². The van der Waals surface area contributed by atoms with Gasteiger partial charge in [-0.15, -0.1) is 0 Å². The molecule has 0 fully saturated rings. The number of halogens is 1. The van der Waals surface area contributed by atoms with Crippen LogP contribution in [0.1, 0.15) is 22.2 Å². The summed E-state index contributed by atoms with van der Waals surface area (Å²) < 4.78 is 5.94. The quantitative estimate of drug-likeness (QED) is 0.708. The zero-order valence-corrected chi connectivity index (χ0v) is 13.7. The molecule has 0 spiro atoms. The van der Waals surface area contributed by atoms with Gasteiger partial charge in [0.05, 0.1) is 0 Å². The van der Waals surface area contributed by atoms with Crippen molar-refractivity contribution in [2.45, 2.75) is 6.10 Å². The molecule has 120 valence electrons. The molecule has 0 radical (unpaired) electrons. The lowest BCUT2D eigenvalue weighted by Gasteiger charge is -2.17. The third kappa shape index (κ3) is 4.43. The molecule has 3 amide bonds. The maximum absolute atomic E-state index is 12.2. The predicted molar refractivity (Wildman–Crippen MR) is 85.7 cm³/mol. The van der Waals surface area contributed by atoms with E-state index in [4.69, 9.17) is 4.74 Å². The number of urea groups is 1. The molecule has 0 saturated carbocycles. The lowest BCUT2D eigenvalue weighted by Crippen LogP contribution is -2.41. The van der Waals surface area contributed by atoms with Crippen molar-refractivity contribution < 1.29 is 19.1 Å². The van der Waals surface area contributed by atoms with Crippen molar-refractivity contribution in [3.05, 3.63) is 58.3 Å². The Morgan fingerprint density at radius 3 is 2.48 bits per heavy atom. The van der Waals surface area contributed by atoms with E-state index in [1.165, 1.54) is 13.1 Å². The molecular weight excluding hydrogens is 366 g/mol. The fourth-order valence-corrected chi connectivity index (χ4v) is 2.14. The molecular formula is C15H14BrN3O4. The number of nitrogens with one attached hydrogen (secondary N) is 3. The SMILES string of the molecule is CNC(=O)NC(=O)C(OC(=O)c1cc(Br)c[nH]1)c1ccccc1. The summed E-state index contributed by atoms with van der Waals surface area (Å²) in [5.41, 5.74) is 0.637. The van der Waals surface area contributed by atoms with Crippen molar-refractivity contribution in [1.82, 2.24) is 15.6 Å². The van der Waals surface area contributed by atoms with Crippen LogP contribution in [0, 0.1) is 0 Å². The topological polar surface area (TPSA) is 100 Å². The lowest BCUT2D eigenvalue weighted by atomic mass is 10.1. The number of rotatable bonds is 4. The molecule has 0 saturated heterocycles. The first-order valence-electron chi connectivity index (χ1n) is 6.63. The molecule has 2 aromatic rings. The summed E-state index contributed by atoms with van der Waals surface area (Å²) in [4.78, 5) is 38.4. The van der Waals surface area contributed by atoms with E-state index >= 15 is 0 Å². The van der Waals surface area contributed by atoms with Crippen LogP contribution in [0.15, 0.2) is 47.1 Å². The summed E-state index contributed by atoms with van der Waals surface area (Å²) in [5.74, 6) is -1.45. The number of hydrogen-bond acceptors (Lipinski definition) is 4. The third-order valence-corrected chi connectivity index (χ3v) is 3.35. The van der Waals surface area contributed by atoms with Gasteiger partial charge in [-0.1, -0.05) is 30.3 Å². The Morgan fingerprint density at radius 2 is 1.91 bits per heavy atom. The van der Waals surface area contributed by atoms with Crippen LogP contribution in [0.4, 0.5) is 4.79 Å². The Labute approximate surface area is 140 Å². The summed E-state index contributed by atoms with van der Waals surface area (Å²) in [5, 5.41) is 4.37. The minimum absolute atomic E-state index is 0.186. The highest BCUT2D eigenvalue weighted by Gasteiger charge is 2.27. The molecule has 1 aromatic heterocycles. The average Bonchev–Trinajstić information content (AvgIpc) is 2.99. The summed E-state index contributed by atoms with van der Waals surface area (Å²) in [6, 6.07) is 9.28. The summed E-state index contributed by atoms with van der Waals surface area (Å²) in [7, 11) is 1.38. The molecule has 1 aromatic carbocycles. The molecule has 0 aliphatic rings. The van der Waals surface area contributed by atoms with E-state index in [0.717, 1.165) is 0 Å². The molecule has 0 aliphatic heterocycles. The van der Waals surface area contributed by atoms with Gasteiger partial charge in [0.2, 0.25) is 6.10 Å². The van der Waals surface area contributed by atoms with Gasteiger partial charge >= 0.3 is 12.0 Å². The van der Waals surface area contributed by atoms with Crippen LogP contribution in [-0.4, -0.2) is 29.9 Å². The van der Waals surface area contributed by atoms with Crippen LogP contribution in [0.5, 0.6) is 0 Å². The predicted octanol–water partition coefficient (Wildman–Crippen LogP) is 2.13. The van der Waals surface area contributed by atoms with E-state index < -0.39 is 24.0 Å². The number of hydrogen-bond donors (Lipinski definition) is 3. The number of H-pyrrole nitrogens is 1. The highest BCUT2D eigenvalue weighted by atomic mass is 79.9. The maximum atomic E-state index is 12.2. The maximum Gasteiger partial charge on any atom is 0.355 e. The molecule has 1 atom stereocenters. The number of carbonyl (C=O) groups is 3. The van der Waals surface area contributed by atoms with Crippen molar-refractivity contribution in [3.63, 3.8) is 0 Å². The Morgan fingerprint density at radius 1 is 1.22 bits per heavy atom. The number of amides is 3. The zero-order chi connectivity index (χ0) is 16.8. The van der Waals surface area contributed by atoms with Gasteiger partial charge in [-0.25, -0.2) is 9.59 Å². The van der Waals surface area contributed by atoms with Gasteiger partial charge in [0, 0.05) is 23.3 Å². The number of benzene rings is 1. The van der Waals surface area contributed by atoms with Crippen molar-refractivity contribution in [3.8, 4) is 0 Å². The Bertz CT molecular complexity index is 715. The molecule has 1 unspecified atom stereocenters. The second-order valence-corrected chi connectivity index (χ2v) is 5.41. The van der Waals surface area contributed by atoms with Gasteiger partial charge < -0.3 is 15.0 Å². The largest absolute Gasteiger partial charge is 0.443 e. The first-order valence-corrected chi connectivity index (χ1v) is 7.43. The minimum Gasteiger partial charge on any atom is -0.443 e. The van der Waals surface area contributed by atoms with Crippen molar-refractivity contribution >= 4 is 33.8 Å². The standard InChI is InChI=1S/C15H14BrN3O4/c1-17-15(22)19-13(20)12(9-5-3-2-4-6-9)23-14(21)11-7-10(16)8-18-11/h2-8,12,18H,1H3,(H2,17,19,20,22). The molecule has 7 nitrogen and oxygen atoms in total. The highest BCUT2D eigenvalue weighted by molar-refractivity contribution is 9.10. The van der Waals surface area contributed by atoms with Gasteiger partial charge in [0.15, 0.2) is 0 Å². The van der Waals surface area contributed by atoms with E-state index in [1.807, 2.05) is 0 Å². The second kappa shape index (κ2) is 7.59. The van der Waals surface area contributed by atoms with Gasteiger partial charge in [0.25, 0.3) is 5.91 Å². The number of ether oxygens (including phenoxy) is 1. The van der Waals surface area contributed by atoms with Crippen LogP contribution in [0.25, 0.3) is 0 Å². The third-order valence-electron chi connectivity index (χ3n) is 2.90. The number of aromatic nitrogens is 1. The zero-order valence-electron chi connectivity index (χ0n) is 12.1. The van der Waals surface area contributed by atoms with Crippen molar-refractivity contribution in [2.24, 2.45) is 0 Å². The highest BCUT2D eigenvalue weighted by Crippen LogP contribution is 2.20. The van der Waals surface area contributed by atoms with Crippen LogP contribution in [-0.2, 0) is 9.53 Å². The normalized spacial score (nSPS) is 11.4. The van der Waals surface area contributed by atoms with Crippen LogP contribution in [0.2, 0.25) is 0 Å². The second-order valence-electron chi connectivity index (χ2n) is 4.50. The fourth-order valence-electron chi connectivity index (χ4n) is 1.80. The molecule has 3 N–H and O–H groups in total. The number of aromatic amines is 1. The molecule has 0 aliphatic carbocycles. The smallest absolute Gasteiger partial charge is 0.355 e. The van der Waals surface area contributed by atoms with Crippen LogP contribution < -0.4 is 10.6 Å². The van der Waals surface area contributed by atoms with Crippen molar-refractivity contribution in [1.29, 1.82) is 0 Å². The first-order chi connectivity index (χ1) is 11.0. The summed E-state index contributed by atoms with van der Waals surface area (Å²) in [6.45, 7) is 0. The summed E-state index contributed by atoms with van der Waals surface area (Å²) >= 11 is 3.21. The molecule has 1 heterocycles. The Hall–Kier alpha value is -2.61. The average molecular weight is 380 g/mol. The number of esters is 1. The molecule has 23 heavy (non-hydrogen) atoms. The van der Waals surface area contributed by atoms with E-state index in [2.05, 4.69) is 31.5 Å². The Kier molecular flexibility index (Phi) is 5.53. The lowest BCUT2D eigenvalue weighted by molar-refractivity contribution is -0.129.